The van der Waals surface area contributed by atoms with Crippen LogP contribution in [0, 0.1) is 13.8 Å². The zero-order valence-electron chi connectivity index (χ0n) is 17.5. The molecule has 0 saturated heterocycles. The van der Waals surface area contributed by atoms with Gasteiger partial charge in [-0.15, -0.1) is 0 Å². The fraction of sp³-hybridized carbons (Fsp3) is 0.192. The van der Waals surface area contributed by atoms with Crippen molar-refractivity contribution in [3.05, 3.63) is 94.0 Å². The highest BCUT2D eigenvalue weighted by atomic mass is 16.7. The highest BCUT2D eigenvalue weighted by Gasteiger charge is 2.29. The van der Waals surface area contributed by atoms with Crippen molar-refractivity contribution < 1.29 is 14.3 Å². The van der Waals surface area contributed by atoms with E-state index in [0.29, 0.717) is 6.54 Å². The number of nitrogens with zero attached hydrogens (tertiary/aromatic N) is 1. The van der Waals surface area contributed by atoms with Gasteiger partial charge in [0.1, 0.15) is 5.75 Å². The molecular weight excluding hydrogens is 374 g/mol. The van der Waals surface area contributed by atoms with E-state index in [2.05, 4.69) is 24.3 Å². The number of benzene rings is 3. The van der Waals surface area contributed by atoms with Gasteiger partial charge in [0.2, 0.25) is 0 Å². The van der Waals surface area contributed by atoms with Gasteiger partial charge in [0.25, 0.3) is 5.91 Å². The van der Waals surface area contributed by atoms with Crippen molar-refractivity contribution in [2.24, 2.45) is 0 Å². The first-order valence-electron chi connectivity index (χ1n) is 9.97. The van der Waals surface area contributed by atoms with E-state index >= 15 is 0 Å². The smallest absolute Gasteiger partial charge is 0.258 e. The molecule has 0 aliphatic carbocycles. The lowest BCUT2D eigenvalue weighted by Crippen LogP contribution is -2.22. The lowest BCUT2D eigenvalue weighted by atomic mass is 10.0. The van der Waals surface area contributed by atoms with Crippen LogP contribution in [0.1, 0.15) is 38.2 Å². The standard InChI is InChI=1S/C26H25NO3/c1-18-7-12-22(13-8-18)27-16-24-21(5-4-6-23(24)26(27)28)11-9-20-10-14-25(19(2)15-20)30-17-29-3/h4-15H,16-17H2,1-3H3/b11-9+. The number of rotatable bonds is 6. The summed E-state index contributed by atoms with van der Waals surface area (Å²) in [6, 6.07) is 20.0. The Morgan fingerprint density at radius 1 is 1.00 bits per heavy atom. The van der Waals surface area contributed by atoms with Crippen molar-refractivity contribution in [1.29, 1.82) is 0 Å². The number of methoxy groups -OCH3 is 1. The Bertz CT molecular complexity index is 1100. The van der Waals surface area contributed by atoms with Crippen molar-refractivity contribution in [2.75, 3.05) is 18.8 Å². The lowest BCUT2D eigenvalue weighted by molar-refractivity contribution is 0.0506. The lowest BCUT2D eigenvalue weighted by Gasteiger charge is -2.16. The van der Waals surface area contributed by atoms with Crippen LogP contribution in [0.5, 0.6) is 5.75 Å². The van der Waals surface area contributed by atoms with Crippen LogP contribution in [0.15, 0.2) is 60.7 Å². The third kappa shape index (κ3) is 4.00. The van der Waals surface area contributed by atoms with Gasteiger partial charge >= 0.3 is 0 Å². The molecule has 1 aliphatic heterocycles. The summed E-state index contributed by atoms with van der Waals surface area (Å²) in [4.78, 5) is 14.8. The third-order valence-corrected chi connectivity index (χ3v) is 5.34. The van der Waals surface area contributed by atoms with Crippen LogP contribution < -0.4 is 9.64 Å². The van der Waals surface area contributed by atoms with E-state index in [9.17, 15) is 4.79 Å². The van der Waals surface area contributed by atoms with Gasteiger partial charge in [-0.3, -0.25) is 4.79 Å². The Morgan fingerprint density at radius 3 is 2.53 bits per heavy atom. The number of amides is 1. The Kier molecular flexibility index (Phi) is 5.68. The van der Waals surface area contributed by atoms with Crippen LogP contribution >= 0.6 is 0 Å². The van der Waals surface area contributed by atoms with E-state index in [1.165, 1.54) is 5.56 Å². The van der Waals surface area contributed by atoms with Gasteiger partial charge in [0.15, 0.2) is 6.79 Å². The molecule has 0 spiro atoms. The van der Waals surface area contributed by atoms with Crippen LogP contribution in [0.25, 0.3) is 12.2 Å². The second kappa shape index (κ2) is 8.56. The maximum atomic E-state index is 13.0. The summed E-state index contributed by atoms with van der Waals surface area (Å²) in [5.74, 6) is 0.869. The number of carbonyl (C=O) groups excluding carboxylic acids is 1. The average molecular weight is 399 g/mol. The zero-order chi connectivity index (χ0) is 21.1. The van der Waals surface area contributed by atoms with Crippen molar-refractivity contribution in [1.82, 2.24) is 0 Å². The zero-order valence-corrected chi connectivity index (χ0v) is 17.5. The Labute approximate surface area is 177 Å². The molecule has 1 heterocycles. The minimum Gasteiger partial charge on any atom is -0.467 e. The summed E-state index contributed by atoms with van der Waals surface area (Å²) in [6.07, 6.45) is 4.15. The monoisotopic (exact) mass is 399 g/mol. The molecule has 152 valence electrons. The highest BCUT2D eigenvalue weighted by Crippen LogP contribution is 2.31. The van der Waals surface area contributed by atoms with Gasteiger partial charge in [-0.25, -0.2) is 0 Å². The van der Waals surface area contributed by atoms with Crippen LogP contribution in [0.4, 0.5) is 5.69 Å². The number of anilines is 1. The van der Waals surface area contributed by atoms with Gasteiger partial charge < -0.3 is 14.4 Å². The number of ether oxygens (including phenoxy) is 2. The molecule has 1 aliphatic rings. The largest absolute Gasteiger partial charge is 0.467 e. The number of carbonyl (C=O) groups is 1. The van der Waals surface area contributed by atoms with E-state index in [1.807, 2.05) is 67.3 Å². The summed E-state index contributed by atoms with van der Waals surface area (Å²) in [5.41, 5.74) is 7.14. The van der Waals surface area contributed by atoms with Crippen LogP contribution in [-0.2, 0) is 11.3 Å². The predicted octanol–water partition coefficient (Wildman–Crippen LogP) is 5.62. The molecule has 0 aromatic heterocycles. The predicted molar refractivity (Wildman–Crippen MR) is 121 cm³/mol. The molecule has 0 unspecified atom stereocenters. The summed E-state index contributed by atoms with van der Waals surface area (Å²) < 4.78 is 10.5. The van der Waals surface area contributed by atoms with Gasteiger partial charge in [0, 0.05) is 18.4 Å². The Morgan fingerprint density at radius 2 is 1.80 bits per heavy atom. The molecule has 3 aromatic rings. The minimum absolute atomic E-state index is 0.0552. The maximum Gasteiger partial charge on any atom is 0.258 e. The molecule has 3 aromatic carbocycles. The van der Waals surface area contributed by atoms with Crippen molar-refractivity contribution in [3.8, 4) is 5.75 Å². The maximum absolute atomic E-state index is 13.0. The van der Waals surface area contributed by atoms with Crippen LogP contribution in [0.3, 0.4) is 0 Å². The van der Waals surface area contributed by atoms with E-state index < -0.39 is 0 Å². The topological polar surface area (TPSA) is 38.8 Å². The summed E-state index contributed by atoms with van der Waals surface area (Å²) in [7, 11) is 1.61. The average Bonchev–Trinajstić information content (AvgIpc) is 3.09. The Balaban J connectivity index is 1.58. The molecule has 0 bridgehead atoms. The first-order valence-corrected chi connectivity index (χ1v) is 9.97. The van der Waals surface area contributed by atoms with E-state index in [1.54, 1.807) is 7.11 Å². The molecule has 4 heteroatoms. The number of aryl methyl sites for hydroxylation is 2. The molecule has 4 rings (SSSR count). The second-order valence-corrected chi connectivity index (χ2v) is 7.51. The Hall–Kier alpha value is -3.37. The van der Waals surface area contributed by atoms with E-state index in [-0.39, 0.29) is 12.7 Å². The van der Waals surface area contributed by atoms with Gasteiger partial charge in [-0.2, -0.15) is 0 Å². The summed E-state index contributed by atoms with van der Waals surface area (Å²) in [5, 5.41) is 0. The summed E-state index contributed by atoms with van der Waals surface area (Å²) >= 11 is 0. The first kappa shape index (κ1) is 19.9. The molecular formula is C26H25NO3. The van der Waals surface area contributed by atoms with Crippen molar-refractivity contribution in [3.63, 3.8) is 0 Å². The van der Waals surface area contributed by atoms with Crippen molar-refractivity contribution >= 4 is 23.7 Å². The number of hydrogen-bond acceptors (Lipinski definition) is 3. The third-order valence-electron chi connectivity index (χ3n) is 5.34. The normalized spacial score (nSPS) is 13.2. The first-order chi connectivity index (χ1) is 14.6. The SMILES string of the molecule is COCOc1ccc(/C=C/c2cccc3c2CN(c2ccc(C)cc2)C3=O)cc1C. The minimum atomic E-state index is 0.0552. The van der Waals surface area contributed by atoms with Gasteiger partial charge in [-0.1, -0.05) is 48.0 Å². The fourth-order valence-electron chi connectivity index (χ4n) is 3.69. The van der Waals surface area contributed by atoms with E-state index in [0.717, 1.165) is 39.3 Å². The molecule has 1 amide bonds. The van der Waals surface area contributed by atoms with Gasteiger partial charge in [-0.05, 0) is 66.4 Å². The number of hydrogen-bond donors (Lipinski definition) is 0. The molecule has 0 fully saturated rings. The van der Waals surface area contributed by atoms with Crippen molar-refractivity contribution in [2.45, 2.75) is 20.4 Å². The quantitative estimate of drug-likeness (QED) is 0.399. The van der Waals surface area contributed by atoms with Gasteiger partial charge in [0.05, 0.1) is 6.54 Å². The van der Waals surface area contributed by atoms with Crippen LogP contribution in [0.2, 0.25) is 0 Å². The van der Waals surface area contributed by atoms with E-state index in [4.69, 9.17) is 9.47 Å². The molecule has 0 atom stereocenters. The molecule has 0 N–H and O–H groups in total. The second-order valence-electron chi connectivity index (χ2n) is 7.51. The molecule has 30 heavy (non-hydrogen) atoms. The highest BCUT2D eigenvalue weighted by molar-refractivity contribution is 6.10. The summed E-state index contributed by atoms with van der Waals surface area (Å²) in [6.45, 7) is 4.88. The number of fused-ring (bicyclic) bond motifs is 1. The van der Waals surface area contributed by atoms with Crippen LogP contribution in [-0.4, -0.2) is 19.8 Å². The molecule has 0 saturated carbocycles. The molecule has 0 radical (unpaired) electrons. The molecule has 4 nitrogen and oxygen atoms in total. The fourth-order valence-corrected chi connectivity index (χ4v) is 3.69.